The van der Waals surface area contributed by atoms with Crippen LogP contribution in [0, 0.1) is 5.92 Å². The van der Waals surface area contributed by atoms with Crippen molar-refractivity contribution in [3.8, 4) is 0 Å². The predicted octanol–water partition coefficient (Wildman–Crippen LogP) is 2.71. The standard InChI is InChI=1S/C16H21NO5S/c1-10(14(21-4)8-15(19)22-5)13(20-3)7-6-12-9-23-16(17-12)11(2)18/h6-10,13H,1-5H3/b7-6+,14-8+. The van der Waals surface area contributed by atoms with Gasteiger partial charge in [0.1, 0.15) is 5.76 Å². The molecule has 0 radical (unpaired) electrons. The first-order chi connectivity index (χ1) is 10.9. The summed E-state index contributed by atoms with van der Waals surface area (Å²) in [5.74, 6) is -0.297. The minimum atomic E-state index is -0.488. The van der Waals surface area contributed by atoms with E-state index in [9.17, 15) is 9.59 Å². The average Bonchev–Trinajstić information content (AvgIpc) is 3.01. The maximum atomic E-state index is 11.4. The van der Waals surface area contributed by atoms with E-state index in [1.807, 2.05) is 13.0 Å². The molecule has 1 heterocycles. The number of esters is 1. The largest absolute Gasteiger partial charge is 0.500 e. The molecule has 0 N–H and O–H groups in total. The molecule has 0 amide bonds. The Labute approximate surface area is 139 Å². The molecular weight excluding hydrogens is 318 g/mol. The van der Waals surface area contributed by atoms with E-state index in [0.29, 0.717) is 16.5 Å². The summed E-state index contributed by atoms with van der Waals surface area (Å²) in [6.07, 6.45) is 4.56. The highest BCUT2D eigenvalue weighted by Crippen LogP contribution is 2.20. The number of carbonyl (C=O) groups is 2. The Morgan fingerprint density at radius 3 is 2.43 bits per heavy atom. The molecule has 2 unspecified atom stereocenters. The highest BCUT2D eigenvalue weighted by Gasteiger charge is 2.20. The average molecular weight is 339 g/mol. The third-order valence-electron chi connectivity index (χ3n) is 3.19. The van der Waals surface area contributed by atoms with Crippen molar-refractivity contribution in [3.05, 3.63) is 34.0 Å². The van der Waals surface area contributed by atoms with Crippen molar-refractivity contribution in [2.45, 2.75) is 20.0 Å². The molecule has 0 bridgehead atoms. The minimum Gasteiger partial charge on any atom is -0.500 e. The van der Waals surface area contributed by atoms with Gasteiger partial charge in [-0.15, -0.1) is 11.3 Å². The lowest BCUT2D eigenvalue weighted by Crippen LogP contribution is -2.21. The van der Waals surface area contributed by atoms with Gasteiger partial charge in [-0.05, 0) is 6.08 Å². The van der Waals surface area contributed by atoms with Crippen molar-refractivity contribution in [1.29, 1.82) is 0 Å². The van der Waals surface area contributed by atoms with Crippen LogP contribution in [0.1, 0.15) is 29.3 Å². The van der Waals surface area contributed by atoms with Crippen LogP contribution >= 0.6 is 11.3 Å². The Morgan fingerprint density at radius 1 is 1.26 bits per heavy atom. The van der Waals surface area contributed by atoms with Gasteiger partial charge in [0.15, 0.2) is 10.8 Å². The lowest BCUT2D eigenvalue weighted by atomic mass is 10.0. The molecule has 23 heavy (non-hydrogen) atoms. The number of hydrogen-bond donors (Lipinski definition) is 0. The zero-order valence-corrected chi connectivity index (χ0v) is 14.7. The Bertz CT molecular complexity index is 605. The zero-order valence-electron chi connectivity index (χ0n) is 13.9. The van der Waals surface area contributed by atoms with Gasteiger partial charge in [-0.25, -0.2) is 9.78 Å². The lowest BCUT2D eigenvalue weighted by molar-refractivity contribution is -0.135. The summed E-state index contributed by atoms with van der Waals surface area (Å²) in [6.45, 7) is 3.35. The van der Waals surface area contributed by atoms with Crippen molar-refractivity contribution < 1.29 is 23.8 Å². The van der Waals surface area contributed by atoms with Crippen LogP contribution in [0.15, 0.2) is 23.3 Å². The second kappa shape index (κ2) is 9.22. The van der Waals surface area contributed by atoms with E-state index in [2.05, 4.69) is 9.72 Å². The van der Waals surface area contributed by atoms with Crippen LogP contribution in [0.3, 0.4) is 0 Å². The number of nitrogens with zero attached hydrogens (tertiary/aromatic N) is 1. The fourth-order valence-electron chi connectivity index (χ4n) is 1.88. The number of carbonyl (C=O) groups excluding carboxylic acids is 2. The van der Waals surface area contributed by atoms with Crippen LogP contribution in [0.2, 0.25) is 0 Å². The number of ether oxygens (including phenoxy) is 3. The van der Waals surface area contributed by atoms with Gasteiger partial charge in [0.25, 0.3) is 0 Å². The van der Waals surface area contributed by atoms with E-state index < -0.39 is 5.97 Å². The van der Waals surface area contributed by atoms with E-state index in [1.165, 1.54) is 38.6 Å². The molecule has 0 aliphatic rings. The molecule has 0 fully saturated rings. The molecule has 6 nitrogen and oxygen atoms in total. The highest BCUT2D eigenvalue weighted by atomic mass is 32.1. The summed E-state index contributed by atoms with van der Waals surface area (Å²) in [5, 5.41) is 2.27. The summed E-state index contributed by atoms with van der Waals surface area (Å²) in [5.41, 5.74) is 0.686. The highest BCUT2D eigenvalue weighted by molar-refractivity contribution is 7.11. The molecule has 1 aromatic heterocycles. The molecule has 0 saturated heterocycles. The second-order valence-electron chi connectivity index (χ2n) is 4.76. The van der Waals surface area contributed by atoms with E-state index in [0.717, 1.165) is 0 Å². The van der Waals surface area contributed by atoms with E-state index >= 15 is 0 Å². The van der Waals surface area contributed by atoms with Crippen molar-refractivity contribution in [2.24, 2.45) is 5.92 Å². The number of hydrogen-bond acceptors (Lipinski definition) is 7. The Morgan fingerprint density at radius 2 is 1.96 bits per heavy atom. The van der Waals surface area contributed by atoms with Crippen molar-refractivity contribution in [1.82, 2.24) is 4.98 Å². The molecule has 1 aromatic rings. The zero-order chi connectivity index (χ0) is 17.4. The topological polar surface area (TPSA) is 74.7 Å². The van der Waals surface area contributed by atoms with E-state index in [4.69, 9.17) is 9.47 Å². The maximum absolute atomic E-state index is 11.4. The van der Waals surface area contributed by atoms with Gasteiger partial charge in [-0.2, -0.15) is 0 Å². The maximum Gasteiger partial charge on any atom is 0.333 e. The molecule has 126 valence electrons. The lowest BCUT2D eigenvalue weighted by Gasteiger charge is -2.21. The summed E-state index contributed by atoms with van der Waals surface area (Å²) >= 11 is 1.30. The first-order valence-corrected chi connectivity index (χ1v) is 7.81. The number of thiazole rings is 1. The van der Waals surface area contributed by atoms with Crippen LogP contribution < -0.4 is 0 Å². The fourth-order valence-corrected chi connectivity index (χ4v) is 2.57. The first kappa shape index (κ1) is 19.1. The molecule has 7 heteroatoms. The summed E-state index contributed by atoms with van der Waals surface area (Å²) < 4.78 is 15.3. The van der Waals surface area contributed by atoms with Crippen molar-refractivity contribution in [2.75, 3.05) is 21.3 Å². The molecule has 0 saturated carbocycles. The first-order valence-electron chi connectivity index (χ1n) is 6.93. The number of methoxy groups -OCH3 is 3. The predicted molar refractivity (Wildman–Crippen MR) is 88.2 cm³/mol. The summed E-state index contributed by atoms with van der Waals surface area (Å²) in [6, 6.07) is 0. The molecule has 0 aromatic carbocycles. The van der Waals surface area contributed by atoms with E-state index in [1.54, 1.807) is 18.6 Å². The Kier molecular flexibility index (Phi) is 7.64. The van der Waals surface area contributed by atoms with Gasteiger partial charge in [0.2, 0.25) is 0 Å². The monoisotopic (exact) mass is 339 g/mol. The molecule has 1 rings (SSSR count). The fraction of sp³-hybridized carbons (Fsp3) is 0.438. The third-order valence-corrected chi connectivity index (χ3v) is 4.15. The van der Waals surface area contributed by atoms with Crippen LogP contribution in [0.5, 0.6) is 0 Å². The molecule has 0 aliphatic carbocycles. The van der Waals surface area contributed by atoms with Crippen LogP contribution in [0.4, 0.5) is 0 Å². The van der Waals surface area contributed by atoms with Gasteiger partial charge in [0.05, 0.1) is 32.1 Å². The molecule has 0 spiro atoms. The SMILES string of the molecule is COC(=O)/C=C(/OC)C(C)C(/C=C/c1csc(C(C)=O)n1)OC. The molecule has 0 aliphatic heterocycles. The van der Waals surface area contributed by atoms with Gasteiger partial charge in [-0.1, -0.05) is 13.0 Å². The van der Waals surface area contributed by atoms with Gasteiger partial charge >= 0.3 is 5.97 Å². The van der Waals surface area contributed by atoms with Crippen molar-refractivity contribution in [3.63, 3.8) is 0 Å². The summed E-state index contributed by atoms with van der Waals surface area (Å²) in [7, 11) is 4.36. The molecular formula is C16H21NO5S. The van der Waals surface area contributed by atoms with Crippen LogP contribution in [0.25, 0.3) is 6.08 Å². The smallest absolute Gasteiger partial charge is 0.333 e. The Hall–Kier alpha value is -1.99. The normalized spacial score (nSPS) is 14.6. The minimum absolute atomic E-state index is 0.0611. The second-order valence-corrected chi connectivity index (χ2v) is 5.61. The van der Waals surface area contributed by atoms with Gasteiger partial charge in [-0.3, -0.25) is 4.79 Å². The number of ketones is 1. The number of rotatable bonds is 8. The van der Waals surface area contributed by atoms with Crippen LogP contribution in [-0.4, -0.2) is 44.2 Å². The third kappa shape index (κ3) is 5.61. The quantitative estimate of drug-likeness (QED) is 0.314. The number of aromatic nitrogens is 1. The van der Waals surface area contributed by atoms with Gasteiger partial charge in [0, 0.05) is 25.3 Å². The molecule has 2 atom stereocenters. The van der Waals surface area contributed by atoms with Crippen LogP contribution in [-0.2, 0) is 19.0 Å². The number of Topliss-reactive ketones (excluding diaryl/α,β-unsaturated/α-hetero) is 1. The Balaban J connectivity index is 2.89. The summed E-state index contributed by atoms with van der Waals surface area (Å²) in [4.78, 5) is 26.8. The van der Waals surface area contributed by atoms with E-state index in [-0.39, 0.29) is 17.8 Å². The van der Waals surface area contributed by atoms with Gasteiger partial charge < -0.3 is 14.2 Å². The van der Waals surface area contributed by atoms with Crippen molar-refractivity contribution >= 4 is 29.2 Å².